The van der Waals surface area contributed by atoms with Crippen molar-refractivity contribution in [3.63, 3.8) is 0 Å². The number of rotatable bonds is 3. The van der Waals surface area contributed by atoms with E-state index in [-0.39, 0.29) is 5.92 Å². The summed E-state index contributed by atoms with van der Waals surface area (Å²) in [4.78, 5) is 20.2. The molecule has 0 radical (unpaired) electrons. The summed E-state index contributed by atoms with van der Waals surface area (Å²) in [6.45, 7) is 8.10. The van der Waals surface area contributed by atoms with Gasteiger partial charge in [-0.25, -0.2) is 0 Å². The first-order chi connectivity index (χ1) is 9.15. The van der Waals surface area contributed by atoms with Gasteiger partial charge in [-0.2, -0.15) is 0 Å². The summed E-state index contributed by atoms with van der Waals surface area (Å²) in [7, 11) is 0. The van der Waals surface area contributed by atoms with Crippen molar-refractivity contribution in [3.05, 3.63) is 24.0 Å². The molecule has 0 spiro atoms. The molecule has 1 amide bonds. The highest BCUT2D eigenvalue weighted by Gasteiger charge is 2.43. The Kier molecular flexibility index (Phi) is 3.35. The van der Waals surface area contributed by atoms with E-state index in [4.69, 9.17) is 0 Å². The van der Waals surface area contributed by atoms with Gasteiger partial charge in [0.05, 0.1) is 5.92 Å². The Labute approximate surface area is 114 Å². The number of nitrogens with one attached hydrogen (secondary N) is 1. The first-order valence-corrected chi connectivity index (χ1v) is 7.30. The van der Waals surface area contributed by atoms with Crippen molar-refractivity contribution < 1.29 is 4.79 Å². The molecule has 2 aliphatic rings. The number of carbonyl (C=O) groups is 1. The number of hydrogen-bond acceptors (Lipinski definition) is 2. The number of nitrogens with zero attached hydrogens (tertiary/aromatic N) is 2. The van der Waals surface area contributed by atoms with Gasteiger partial charge < -0.3 is 9.88 Å². The Morgan fingerprint density at radius 1 is 1.42 bits per heavy atom. The molecule has 3 heterocycles. The van der Waals surface area contributed by atoms with Crippen LogP contribution in [-0.4, -0.2) is 46.4 Å². The Morgan fingerprint density at radius 2 is 2.26 bits per heavy atom. The lowest BCUT2D eigenvalue weighted by molar-refractivity contribution is -0.141. The summed E-state index contributed by atoms with van der Waals surface area (Å²) in [6.07, 6.45) is 3.12. The zero-order valence-electron chi connectivity index (χ0n) is 11.8. The largest absolute Gasteiger partial charge is 0.364 e. The van der Waals surface area contributed by atoms with Gasteiger partial charge in [0.2, 0.25) is 5.91 Å². The molecular formula is C15H23N3O. The number of carbonyl (C=O) groups excluding carboxylic acids is 1. The van der Waals surface area contributed by atoms with Crippen LogP contribution < -0.4 is 0 Å². The van der Waals surface area contributed by atoms with Crippen molar-refractivity contribution in [2.45, 2.75) is 32.9 Å². The normalized spacial score (nSPS) is 28.2. The van der Waals surface area contributed by atoms with E-state index in [0.717, 1.165) is 32.6 Å². The Balaban J connectivity index is 1.65. The van der Waals surface area contributed by atoms with Gasteiger partial charge in [0, 0.05) is 44.1 Å². The molecule has 2 unspecified atom stereocenters. The van der Waals surface area contributed by atoms with Crippen LogP contribution in [0.15, 0.2) is 18.3 Å². The smallest absolute Gasteiger partial charge is 0.227 e. The first-order valence-electron chi connectivity index (χ1n) is 7.30. The summed E-state index contributed by atoms with van der Waals surface area (Å²) < 4.78 is 0. The third-order valence-electron chi connectivity index (χ3n) is 4.54. The van der Waals surface area contributed by atoms with Crippen molar-refractivity contribution in [3.8, 4) is 0 Å². The number of fused-ring (bicyclic) bond motifs is 1. The van der Waals surface area contributed by atoms with Gasteiger partial charge in [-0.05, 0) is 38.3 Å². The second-order valence-corrected chi connectivity index (χ2v) is 6.17. The Bertz CT molecular complexity index is 440. The molecule has 1 aromatic rings. The highest BCUT2D eigenvalue weighted by atomic mass is 16.2. The van der Waals surface area contributed by atoms with E-state index in [2.05, 4.69) is 34.7 Å². The second-order valence-electron chi connectivity index (χ2n) is 6.17. The number of likely N-dealkylation sites (tertiary alicyclic amines) is 2. The van der Waals surface area contributed by atoms with Crippen molar-refractivity contribution in [1.29, 1.82) is 0 Å². The maximum atomic E-state index is 12.5. The van der Waals surface area contributed by atoms with E-state index in [1.807, 2.05) is 12.3 Å². The van der Waals surface area contributed by atoms with E-state index in [1.165, 1.54) is 5.69 Å². The van der Waals surface area contributed by atoms with Crippen LogP contribution in [-0.2, 0) is 11.3 Å². The summed E-state index contributed by atoms with van der Waals surface area (Å²) in [5.74, 6) is 1.17. The number of aromatic nitrogens is 1. The van der Waals surface area contributed by atoms with Crippen molar-refractivity contribution in [1.82, 2.24) is 14.8 Å². The van der Waals surface area contributed by atoms with E-state index >= 15 is 0 Å². The molecule has 4 nitrogen and oxygen atoms in total. The summed E-state index contributed by atoms with van der Waals surface area (Å²) in [6, 6.07) is 4.49. The molecule has 0 aliphatic carbocycles. The fourth-order valence-corrected chi connectivity index (χ4v) is 3.51. The SMILES string of the molecule is CC(C)N1CCC2CN(Cc3ccc[nH]3)CC2C1=O. The molecule has 0 bridgehead atoms. The van der Waals surface area contributed by atoms with Gasteiger partial charge in [-0.3, -0.25) is 9.69 Å². The lowest BCUT2D eigenvalue weighted by Crippen LogP contribution is -2.48. The maximum absolute atomic E-state index is 12.5. The van der Waals surface area contributed by atoms with Crippen LogP contribution in [0, 0.1) is 11.8 Å². The molecule has 0 saturated carbocycles. The lowest BCUT2D eigenvalue weighted by Gasteiger charge is -2.36. The zero-order valence-corrected chi connectivity index (χ0v) is 11.8. The van der Waals surface area contributed by atoms with Gasteiger partial charge >= 0.3 is 0 Å². The summed E-state index contributed by atoms with van der Waals surface area (Å²) in [5, 5.41) is 0. The molecule has 2 aliphatic heterocycles. The Morgan fingerprint density at radius 3 is 2.95 bits per heavy atom. The van der Waals surface area contributed by atoms with E-state index in [1.54, 1.807) is 0 Å². The molecule has 3 rings (SSSR count). The molecule has 1 aromatic heterocycles. The van der Waals surface area contributed by atoms with Crippen LogP contribution in [0.25, 0.3) is 0 Å². The van der Waals surface area contributed by atoms with Gasteiger partial charge in [0.25, 0.3) is 0 Å². The first kappa shape index (κ1) is 12.7. The molecule has 4 heteroatoms. The van der Waals surface area contributed by atoms with Crippen molar-refractivity contribution in [2.24, 2.45) is 11.8 Å². The predicted molar refractivity (Wildman–Crippen MR) is 74.5 cm³/mol. The molecular weight excluding hydrogens is 238 g/mol. The molecule has 2 atom stereocenters. The van der Waals surface area contributed by atoms with Crippen LogP contribution in [0.5, 0.6) is 0 Å². The average Bonchev–Trinajstić information content (AvgIpc) is 2.98. The fraction of sp³-hybridized carbons (Fsp3) is 0.667. The molecule has 2 fully saturated rings. The minimum atomic E-state index is 0.228. The quantitative estimate of drug-likeness (QED) is 0.899. The highest BCUT2D eigenvalue weighted by Crippen LogP contribution is 2.33. The number of aromatic amines is 1. The van der Waals surface area contributed by atoms with E-state index in [9.17, 15) is 4.79 Å². The number of hydrogen-bond donors (Lipinski definition) is 1. The van der Waals surface area contributed by atoms with Crippen LogP contribution in [0.3, 0.4) is 0 Å². The van der Waals surface area contributed by atoms with Crippen molar-refractivity contribution in [2.75, 3.05) is 19.6 Å². The third-order valence-corrected chi connectivity index (χ3v) is 4.54. The monoisotopic (exact) mass is 261 g/mol. The van der Waals surface area contributed by atoms with Gasteiger partial charge in [0.15, 0.2) is 0 Å². The summed E-state index contributed by atoms with van der Waals surface area (Å²) >= 11 is 0. The van der Waals surface area contributed by atoms with Gasteiger partial charge in [-0.1, -0.05) is 0 Å². The minimum absolute atomic E-state index is 0.228. The highest BCUT2D eigenvalue weighted by molar-refractivity contribution is 5.80. The van der Waals surface area contributed by atoms with Crippen LogP contribution >= 0.6 is 0 Å². The van der Waals surface area contributed by atoms with Gasteiger partial charge in [0.1, 0.15) is 0 Å². The average molecular weight is 261 g/mol. The Hall–Kier alpha value is -1.29. The van der Waals surface area contributed by atoms with E-state index < -0.39 is 0 Å². The van der Waals surface area contributed by atoms with Crippen LogP contribution in [0.4, 0.5) is 0 Å². The zero-order chi connectivity index (χ0) is 13.4. The number of amides is 1. The van der Waals surface area contributed by atoms with Crippen LogP contribution in [0.1, 0.15) is 26.0 Å². The lowest BCUT2D eigenvalue weighted by atomic mass is 9.87. The predicted octanol–water partition coefficient (Wildman–Crippen LogP) is 1.70. The molecule has 19 heavy (non-hydrogen) atoms. The standard InChI is InChI=1S/C15H23N3O/c1-11(2)18-7-5-12-8-17(10-14(12)15(18)19)9-13-4-3-6-16-13/h3-4,6,11-12,14,16H,5,7-10H2,1-2H3. The maximum Gasteiger partial charge on any atom is 0.227 e. The summed E-state index contributed by atoms with van der Waals surface area (Å²) in [5.41, 5.74) is 1.24. The second kappa shape index (κ2) is 5.00. The fourth-order valence-electron chi connectivity index (χ4n) is 3.51. The number of H-pyrrole nitrogens is 1. The third kappa shape index (κ3) is 2.41. The van der Waals surface area contributed by atoms with E-state index in [0.29, 0.717) is 17.9 Å². The topological polar surface area (TPSA) is 39.3 Å². The van der Waals surface area contributed by atoms with Crippen LogP contribution in [0.2, 0.25) is 0 Å². The van der Waals surface area contributed by atoms with Crippen molar-refractivity contribution >= 4 is 5.91 Å². The molecule has 0 aromatic carbocycles. The minimum Gasteiger partial charge on any atom is -0.364 e. The molecule has 2 saturated heterocycles. The number of piperidine rings is 1. The molecule has 1 N–H and O–H groups in total. The molecule has 104 valence electrons. The van der Waals surface area contributed by atoms with Gasteiger partial charge in [-0.15, -0.1) is 0 Å².